The molecule has 0 unspecified atom stereocenters. The minimum atomic E-state index is 0.668. The first-order valence-electron chi connectivity index (χ1n) is 21.5. The fraction of sp³-hybridized carbons (Fsp3) is 0. The van der Waals surface area contributed by atoms with Gasteiger partial charge in [0.1, 0.15) is 11.2 Å². The van der Waals surface area contributed by atoms with E-state index in [9.17, 15) is 0 Å². The Morgan fingerprint density at radius 2 is 0.938 bits per heavy atom. The number of furan rings is 1. The third kappa shape index (κ3) is 5.93. The number of nitrogens with zero attached hydrogens (tertiary/aromatic N) is 3. The van der Waals surface area contributed by atoms with E-state index in [-0.39, 0.29) is 0 Å². The van der Waals surface area contributed by atoms with Crippen LogP contribution >= 0.6 is 11.3 Å². The number of hydrogen-bond donors (Lipinski definition) is 0. The van der Waals surface area contributed by atoms with E-state index in [1.807, 2.05) is 41.7 Å². The molecule has 0 amide bonds. The molecule has 9 aromatic carbocycles. The summed E-state index contributed by atoms with van der Waals surface area (Å²) >= 11 is 1.83. The Morgan fingerprint density at radius 3 is 1.75 bits per heavy atom. The van der Waals surface area contributed by atoms with Gasteiger partial charge in [-0.2, -0.15) is 0 Å². The monoisotopic (exact) mass is 833 g/mol. The Morgan fingerprint density at radius 1 is 0.375 bits per heavy atom. The highest BCUT2D eigenvalue weighted by Gasteiger charge is 2.21. The van der Waals surface area contributed by atoms with Gasteiger partial charge < -0.3 is 4.42 Å². The van der Waals surface area contributed by atoms with Crippen molar-refractivity contribution in [2.75, 3.05) is 0 Å². The minimum Gasteiger partial charge on any atom is -0.455 e. The van der Waals surface area contributed by atoms with Gasteiger partial charge in [-0.05, 0) is 52.2 Å². The van der Waals surface area contributed by atoms with Crippen LogP contribution in [0.2, 0.25) is 0 Å². The molecule has 0 spiro atoms. The molecule has 13 aromatic rings. The molecule has 0 bridgehead atoms. The van der Waals surface area contributed by atoms with E-state index in [1.165, 1.54) is 30.9 Å². The predicted octanol–water partition coefficient (Wildman–Crippen LogP) is 16.4. The lowest BCUT2D eigenvalue weighted by atomic mass is 9.95. The van der Waals surface area contributed by atoms with Gasteiger partial charge in [-0.25, -0.2) is 15.0 Å². The highest BCUT2D eigenvalue weighted by molar-refractivity contribution is 7.26. The van der Waals surface area contributed by atoms with Crippen LogP contribution in [0.4, 0.5) is 0 Å². The summed E-state index contributed by atoms with van der Waals surface area (Å²) in [6, 6.07) is 74.8. The molecule has 0 radical (unpaired) electrons. The van der Waals surface area contributed by atoms with Crippen molar-refractivity contribution < 1.29 is 4.42 Å². The van der Waals surface area contributed by atoms with E-state index in [1.54, 1.807) is 0 Å². The fourth-order valence-corrected chi connectivity index (χ4v) is 10.7. The zero-order valence-corrected chi connectivity index (χ0v) is 35.2. The van der Waals surface area contributed by atoms with Crippen LogP contribution in [-0.4, -0.2) is 15.0 Å². The number of para-hydroxylation sites is 3. The first-order chi connectivity index (χ1) is 31.7. The van der Waals surface area contributed by atoms with E-state index in [0.717, 1.165) is 94.4 Å². The van der Waals surface area contributed by atoms with Gasteiger partial charge in [-0.15, -0.1) is 11.3 Å². The van der Waals surface area contributed by atoms with Crippen LogP contribution in [0, 0.1) is 0 Å². The standard InChI is InChI=1S/C59H35N3OS/c1-2-16-37(17-3-1)59-60-50(35-51(61-59)41-22-11-20-39(34-41)44-27-14-29-47-45-24-6-8-31-52(45)63-57(44)47)40-21-10-19-38(33-40)43-26-13-30-49-54-48-25-7-9-32-53(48)64-58(54)56(62-55(43)49)46-28-12-18-36-15-4-5-23-42(36)46/h1-35H. The number of thiophene rings is 1. The summed E-state index contributed by atoms with van der Waals surface area (Å²) < 4.78 is 8.93. The topological polar surface area (TPSA) is 51.8 Å². The average molecular weight is 834 g/mol. The second-order valence-electron chi connectivity index (χ2n) is 16.3. The zero-order chi connectivity index (χ0) is 42.1. The summed E-state index contributed by atoms with van der Waals surface area (Å²) in [5.74, 6) is 0.668. The Hall–Kier alpha value is -8.25. The summed E-state index contributed by atoms with van der Waals surface area (Å²) in [7, 11) is 0. The van der Waals surface area contributed by atoms with Gasteiger partial charge >= 0.3 is 0 Å². The normalized spacial score (nSPS) is 11.8. The predicted molar refractivity (Wildman–Crippen MR) is 268 cm³/mol. The van der Waals surface area contributed by atoms with Crippen molar-refractivity contribution in [1.29, 1.82) is 0 Å². The quantitative estimate of drug-likeness (QED) is 0.167. The number of hydrogen-bond acceptors (Lipinski definition) is 5. The summed E-state index contributed by atoms with van der Waals surface area (Å²) in [6.07, 6.45) is 0. The maximum absolute atomic E-state index is 6.46. The van der Waals surface area contributed by atoms with E-state index in [4.69, 9.17) is 19.4 Å². The molecular formula is C59H35N3OS. The van der Waals surface area contributed by atoms with Gasteiger partial charge in [0.2, 0.25) is 0 Å². The smallest absolute Gasteiger partial charge is 0.160 e. The molecule has 4 aromatic heterocycles. The molecule has 13 rings (SSSR count). The van der Waals surface area contributed by atoms with Crippen LogP contribution in [0.25, 0.3) is 131 Å². The number of aromatic nitrogens is 3. The van der Waals surface area contributed by atoms with Crippen LogP contribution in [0.5, 0.6) is 0 Å². The van der Waals surface area contributed by atoms with Gasteiger partial charge in [0.05, 0.1) is 27.3 Å². The molecule has 0 atom stereocenters. The lowest BCUT2D eigenvalue weighted by Gasteiger charge is -2.14. The summed E-state index contributed by atoms with van der Waals surface area (Å²) in [6.45, 7) is 0. The maximum atomic E-state index is 6.46. The highest BCUT2D eigenvalue weighted by Crippen LogP contribution is 2.46. The molecule has 0 saturated carbocycles. The lowest BCUT2D eigenvalue weighted by molar-refractivity contribution is 0.670. The van der Waals surface area contributed by atoms with E-state index >= 15 is 0 Å². The molecule has 0 aliphatic heterocycles. The molecule has 4 heterocycles. The molecule has 0 aliphatic carbocycles. The van der Waals surface area contributed by atoms with Crippen molar-refractivity contribution in [3.8, 4) is 67.4 Å². The summed E-state index contributed by atoms with van der Waals surface area (Å²) in [5.41, 5.74) is 13.8. The molecule has 0 fully saturated rings. The van der Waals surface area contributed by atoms with Crippen LogP contribution in [0.1, 0.15) is 0 Å². The number of pyridine rings is 1. The second kappa shape index (κ2) is 14.7. The summed E-state index contributed by atoms with van der Waals surface area (Å²) in [5, 5.41) is 8.26. The maximum Gasteiger partial charge on any atom is 0.160 e. The Balaban J connectivity index is 0.983. The van der Waals surface area contributed by atoms with Gasteiger partial charge in [0.25, 0.3) is 0 Å². The van der Waals surface area contributed by atoms with Crippen molar-refractivity contribution in [2.24, 2.45) is 0 Å². The Labute approximate surface area is 372 Å². The van der Waals surface area contributed by atoms with Crippen molar-refractivity contribution in [3.05, 3.63) is 212 Å². The SMILES string of the molecule is c1ccc(-c2nc(-c3cccc(-c4cccc5c4nc(-c4cccc6ccccc46)c4sc6ccccc6c45)c3)cc(-c3cccc(-c4cccc5c4oc4ccccc45)c3)n2)cc1. The number of fused-ring (bicyclic) bond motifs is 9. The molecule has 0 aliphatic rings. The van der Waals surface area contributed by atoms with Crippen molar-refractivity contribution in [2.45, 2.75) is 0 Å². The molecule has 4 nitrogen and oxygen atoms in total. The number of benzene rings is 9. The van der Waals surface area contributed by atoms with Gasteiger partial charge in [-0.3, -0.25) is 0 Å². The lowest BCUT2D eigenvalue weighted by Crippen LogP contribution is -1.96. The third-order valence-corrected chi connectivity index (χ3v) is 13.7. The van der Waals surface area contributed by atoms with Crippen LogP contribution in [0.3, 0.4) is 0 Å². The third-order valence-electron chi connectivity index (χ3n) is 12.5. The molecule has 64 heavy (non-hydrogen) atoms. The van der Waals surface area contributed by atoms with Crippen LogP contribution in [-0.2, 0) is 0 Å². The minimum absolute atomic E-state index is 0.668. The van der Waals surface area contributed by atoms with E-state index in [0.29, 0.717) is 5.82 Å². The van der Waals surface area contributed by atoms with Gasteiger partial charge in [0, 0.05) is 65.0 Å². The molecule has 5 heteroatoms. The molecule has 0 N–H and O–H groups in total. The van der Waals surface area contributed by atoms with Gasteiger partial charge in [0.15, 0.2) is 5.82 Å². The van der Waals surface area contributed by atoms with Crippen LogP contribution < -0.4 is 0 Å². The Kier molecular flexibility index (Phi) is 8.36. The number of rotatable bonds is 6. The molecular weight excluding hydrogens is 799 g/mol. The Bertz CT molecular complexity index is 3970. The fourth-order valence-electron chi connectivity index (χ4n) is 9.48. The van der Waals surface area contributed by atoms with Crippen molar-refractivity contribution in [1.82, 2.24) is 15.0 Å². The van der Waals surface area contributed by atoms with Crippen molar-refractivity contribution in [3.63, 3.8) is 0 Å². The van der Waals surface area contributed by atoms with E-state index < -0.39 is 0 Å². The first kappa shape index (κ1) is 36.4. The molecule has 0 saturated heterocycles. The summed E-state index contributed by atoms with van der Waals surface area (Å²) in [4.78, 5) is 16.1. The first-order valence-corrected chi connectivity index (χ1v) is 22.3. The molecule has 298 valence electrons. The van der Waals surface area contributed by atoms with Crippen molar-refractivity contribution >= 4 is 75.1 Å². The van der Waals surface area contributed by atoms with Gasteiger partial charge in [-0.1, -0.05) is 182 Å². The second-order valence-corrected chi connectivity index (χ2v) is 17.3. The van der Waals surface area contributed by atoms with Crippen LogP contribution in [0.15, 0.2) is 217 Å². The van der Waals surface area contributed by atoms with E-state index in [2.05, 4.69) is 182 Å². The zero-order valence-electron chi connectivity index (χ0n) is 34.4. The average Bonchev–Trinajstić information content (AvgIpc) is 3.96. The highest BCUT2D eigenvalue weighted by atomic mass is 32.1. The largest absolute Gasteiger partial charge is 0.455 e.